The van der Waals surface area contributed by atoms with Gasteiger partial charge in [0.05, 0.1) is 16.0 Å². The first kappa shape index (κ1) is 12.9. The zero-order chi connectivity index (χ0) is 12.4. The molecule has 3 nitrogen and oxygen atoms in total. The van der Waals surface area contributed by atoms with Gasteiger partial charge < -0.3 is 0 Å². The molecule has 0 fully saturated rings. The van der Waals surface area contributed by atoms with Crippen LogP contribution in [0.2, 0.25) is 5.02 Å². The molecule has 0 radical (unpaired) electrons. The van der Waals surface area contributed by atoms with E-state index in [9.17, 15) is 4.79 Å². The van der Waals surface area contributed by atoms with E-state index in [0.717, 1.165) is 15.7 Å². The monoisotopic (exact) mass is 332 g/mol. The molecule has 0 aliphatic carbocycles. The number of benzene rings is 1. The van der Waals surface area contributed by atoms with E-state index >= 15 is 0 Å². The standard InChI is InChI=1S/C11H10BrClN2OS/c1-17-10-5-9(14-15-11(10)16)6-2-3-8(13)7(12)4-6/h2-4,10H,5H2,1H3,(H,15,16). The van der Waals surface area contributed by atoms with Gasteiger partial charge in [0.1, 0.15) is 0 Å². The first-order chi connectivity index (χ1) is 8.11. The van der Waals surface area contributed by atoms with Gasteiger partial charge in [-0.05, 0) is 39.9 Å². The molecule has 1 atom stereocenters. The lowest BCUT2D eigenvalue weighted by atomic mass is 10.0. The number of thioether (sulfide) groups is 1. The minimum Gasteiger partial charge on any atom is -0.272 e. The van der Waals surface area contributed by atoms with Gasteiger partial charge in [0, 0.05) is 10.9 Å². The topological polar surface area (TPSA) is 41.5 Å². The smallest absolute Gasteiger partial charge is 0.253 e. The van der Waals surface area contributed by atoms with Gasteiger partial charge in [0.15, 0.2) is 0 Å². The SMILES string of the molecule is CSC1CC(c2ccc(Cl)c(Br)c2)=NNC1=O. The van der Waals surface area contributed by atoms with Crippen LogP contribution in [0.15, 0.2) is 27.8 Å². The quantitative estimate of drug-likeness (QED) is 0.904. The Kier molecular flexibility index (Phi) is 4.12. The lowest BCUT2D eigenvalue weighted by Gasteiger charge is -2.19. The van der Waals surface area contributed by atoms with Crippen LogP contribution in [-0.4, -0.2) is 23.1 Å². The highest BCUT2D eigenvalue weighted by Crippen LogP contribution is 2.26. The van der Waals surface area contributed by atoms with E-state index in [0.29, 0.717) is 11.4 Å². The molecule has 1 aromatic rings. The normalized spacial score (nSPS) is 19.8. The van der Waals surface area contributed by atoms with Crippen LogP contribution in [0.3, 0.4) is 0 Å². The van der Waals surface area contributed by atoms with E-state index in [1.54, 1.807) is 0 Å². The van der Waals surface area contributed by atoms with Crippen molar-refractivity contribution in [2.45, 2.75) is 11.7 Å². The fourth-order valence-electron chi connectivity index (χ4n) is 1.56. The second-order valence-corrected chi connectivity index (χ2v) is 5.89. The van der Waals surface area contributed by atoms with Crippen LogP contribution in [0.5, 0.6) is 0 Å². The maximum atomic E-state index is 11.5. The third-order valence-corrected chi connectivity index (χ3v) is 4.67. The fraction of sp³-hybridized carbons (Fsp3) is 0.273. The van der Waals surface area contributed by atoms with E-state index in [4.69, 9.17) is 11.6 Å². The van der Waals surface area contributed by atoms with E-state index in [1.165, 1.54) is 11.8 Å². The Balaban J connectivity index is 2.28. The average molecular weight is 334 g/mol. The second-order valence-electron chi connectivity index (χ2n) is 3.59. The zero-order valence-electron chi connectivity index (χ0n) is 9.04. The van der Waals surface area contributed by atoms with Crippen LogP contribution in [0.4, 0.5) is 0 Å². The number of halogens is 2. The summed E-state index contributed by atoms with van der Waals surface area (Å²) in [6.45, 7) is 0. The van der Waals surface area contributed by atoms with Gasteiger partial charge in [-0.25, -0.2) is 5.43 Å². The highest BCUT2D eigenvalue weighted by atomic mass is 79.9. The minimum absolute atomic E-state index is 0.0331. The first-order valence-corrected chi connectivity index (χ1v) is 7.42. The largest absolute Gasteiger partial charge is 0.272 e. The van der Waals surface area contributed by atoms with Crippen molar-refractivity contribution in [3.8, 4) is 0 Å². The molecule has 1 aromatic carbocycles. The number of hydrazone groups is 1. The summed E-state index contributed by atoms with van der Waals surface area (Å²) in [6, 6.07) is 5.63. The van der Waals surface area contributed by atoms with Crippen molar-refractivity contribution in [3.63, 3.8) is 0 Å². The molecule has 0 aromatic heterocycles. The second kappa shape index (κ2) is 5.42. The number of nitrogens with one attached hydrogen (secondary N) is 1. The predicted octanol–water partition coefficient (Wildman–Crippen LogP) is 3.06. The third kappa shape index (κ3) is 2.84. The van der Waals surface area contributed by atoms with Crippen molar-refractivity contribution in [3.05, 3.63) is 33.3 Å². The van der Waals surface area contributed by atoms with E-state index in [2.05, 4.69) is 26.5 Å². The van der Waals surface area contributed by atoms with Crippen LogP contribution in [0.25, 0.3) is 0 Å². The molecule has 1 amide bonds. The van der Waals surface area contributed by atoms with Gasteiger partial charge in [0.2, 0.25) is 0 Å². The van der Waals surface area contributed by atoms with Gasteiger partial charge in [-0.15, -0.1) is 0 Å². The number of carbonyl (C=O) groups excluding carboxylic acids is 1. The Morgan fingerprint density at radius 3 is 3.00 bits per heavy atom. The van der Waals surface area contributed by atoms with Gasteiger partial charge in [-0.3, -0.25) is 4.79 Å². The maximum Gasteiger partial charge on any atom is 0.253 e. The molecule has 0 bridgehead atoms. The molecular weight excluding hydrogens is 324 g/mol. The first-order valence-electron chi connectivity index (χ1n) is 4.96. The molecule has 17 heavy (non-hydrogen) atoms. The van der Waals surface area contributed by atoms with Crippen LogP contribution >= 0.6 is 39.3 Å². The minimum atomic E-state index is -0.0723. The predicted molar refractivity (Wildman–Crippen MR) is 75.8 cm³/mol. The van der Waals surface area contributed by atoms with E-state index < -0.39 is 0 Å². The summed E-state index contributed by atoms with van der Waals surface area (Å²) in [5, 5.41) is 4.68. The molecule has 2 rings (SSSR count). The van der Waals surface area contributed by atoms with Crippen LogP contribution < -0.4 is 5.43 Å². The van der Waals surface area contributed by atoms with Gasteiger partial charge in [-0.2, -0.15) is 16.9 Å². The van der Waals surface area contributed by atoms with Crippen molar-refractivity contribution in [2.24, 2.45) is 5.10 Å². The fourth-order valence-corrected chi connectivity index (χ4v) is 2.64. The zero-order valence-corrected chi connectivity index (χ0v) is 12.2. The summed E-state index contributed by atoms with van der Waals surface area (Å²) in [4.78, 5) is 11.5. The molecule has 6 heteroatoms. The number of nitrogens with zero attached hydrogens (tertiary/aromatic N) is 1. The molecule has 0 spiro atoms. The summed E-state index contributed by atoms with van der Waals surface area (Å²) < 4.78 is 0.831. The van der Waals surface area contributed by atoms with Crippen molar-refractivity contribution in [1.29, 1.82) is 0 Å². The van der Waals surface area contributed by atoms with E-state index in [1.807, 2.05) is 24.5 Å². The van der Waals surface area contributed by atoms with Gasteiger partial charge in [0.25, 0.3) is 5.91 Å². The molecule has 90 valence electrons. The summed E-state index contributed by atoms with van der Waals surface area (Å²) in [5.74, 6) is -0.0331. The number of carbonyl (C=O) groups is 1. The average Bonchev–Trinajstić information content (AvgIpc) is 2.33. The lowest BCUT2D eigenvalue weighted by Crippen LogP contribution is -2.36. The van der Waals surface area contributed by atoms with Gasteiger partial charge >= 0.3 is 0 Å². The van der Waals surface area contributed by atoms with Crippen molar-refractivity contribution in [1.82, 2.24) is 5.43 Å². The highest BCUT2D eigenvalue weighted by molar-refractivity contribution is 9.10. The summed E-state index contributed by atoms with van der Waals surface area (Å²) in [5.41, 5.74) is 4.39. The molecule has 0 saturated heterocycles. The Labute approximate surface area is 117 Å². The summed E-state index contributed by atoms with van der Waals surface area (Å²) in [7, 11) is 0. The molecule has 1 unspecified atom stereocenters. The van der Waals surface area contributed by atoms with E-state index in [-0.39, 0.29) is 11.2 Å². The summed E-state index contributed by atoms with van der Waals surface area (Å²) in [6.07, 6.45) is 2.56. The molecule has 0 saturated carbocycles. The van der Waals surface area contributed by atoms with Crippen LogP contribution in [-0.2, 0) is 4.79 Å². The van der Waals surface area contributed by atoms with Crippen molar-refractivity contribution >= 4 is 50.9 Å². The number of hydrogen-bond donors (Lipinski definition) is 1. The lowest BCUT2D eigenvalue weighted by molar-refractivity contribution is -0.120. The summed E-state index contributed by atoms with van der Waals surface area (Å²) >= 11 is 10.8. The third-order valence-electron chi connectivity index (χ3n) is 2.51. The van der Waals surface area contributed by atoms with Gasteiger partial charge in [-0.1, -0.05) is 17.7 Å². The number of hydrogen-bond acceptors (Lipinski definition) is 3. The van der Waals surface area contributed by atoms with Crippen LogP contribution in [0, 0.1) is 0 Å². The van der Waals surface area contributed by atoms with Crippen LogP contribution in [0.1, 0.15) is 12.0 Å². The molecule has 1 aliphatic rings. The van der Waals surface area contributed by atoms with Crippen molar-refractivity contribution in [2.75, 3.05) is 6.26 Å². The van der Waals surface area contributed by atoms with Crippen molar-refractivity contribution < 1.29 is 4.79 Å². The molecule has 1 aliphatic heterocycles. The highest BCUT2D eigenvalue weighted by Gasteiger charge is 2.24. The Bertz CT molecular complexity index is 492. The molecular formula is C11H10BrClN2OS. The number of rotatable bonds is 2. The Morgan fingerprint density at radius 2 is 2.35 bits per heavy atom. The Hall–Kier alpha value is -0.520. The number of amides is 1. The molecule has 1 heterocycles. The Morgan fingerprint density at radius 1 is 1.59 bits per heavy atom. The molecule has 1 N–H and O–H groups in total. The maximum absolute atomic E-state index is 11.5.